The first-order valence-electron chi connectivity index (χ1n) is 13.6. The molecular formula is C28H41N3O5. The summed E-state index contributed by atoms with van der Waals surface area (Å²) in [6.07, 6.45) is 5.43. The van der Waals surface area contributed by atoms with Gasteiger partial charge in [0, 0.05) is 13.1 Å². The van der Waals surface area contributed by atoms with Crippen LogP contribution in [0.2, 0.25) is 0 Å². The van der Waals surface area contributed by atoms with Crippen LogP contribution in [0.3, 0.4) is 0 Å². The van der Waals surface area contributed by atoms with Crippen molar-refractivity contribution in [2.24, 2.45) is 11.8 Å². The molecule has 198 valence electrons. The van der Waals surface area contributed by atoms with Crippen LogP contribution < -0.4 is 10.6 Å². The topological polar surface area (TPSA) is 108 Å². The standard InChI is InChI=1S/C28H41N3O5/c1-4-7-11-17-30-25(34)23-28-15-14-27(6-3,36-28)21(24(33)29-16-5-2)22(28)26(35)31(23)20(18-32)19-12-9-8-10-13-19/h8-10,12-13,20-23,32H,4-7,11,14-18H2,1-3H3,(H,29,33)(H,30,34)/t20-,21-,22+,23?,27+,28?/m1/s1. The van der Waals surface area contributed by atoms with Crippen molar-refractivity contribution >= 4 is 17.7 Å². The van der Waals surface area contributed by atoms with Gasteiger partial charge in [-0.15, -0.1) is 0 Å². The highest BCUT2D eigenvalue weighted by Gasteiger charge is 2.79. The van der Waals surface area contributed by atoms with Gasteiger partial charge in [0.15, 0.2) is 0 Å². The molecule has 0 saturated carbocycles. The molecule has 3 aliphatic rings. The number of amides is 3. The number of rotatable bonds is 12. The largest absolute Gasteiger partial charge is 0.394 e. The Hall–Kier alpha value is -2.45. The number of carbonyl (C=O) groups excluding carboxylic acids is 3. The number of unbranched alkanes of at least 4 members (excludes halogenated alkanes) is 2. The summed E-state index contributed by atoms with van der Waals surface area (Å²) in [6, 6.07) is 7.68. The fraction of sp³-hybridized carbons (Fsp3) is 0.679. The number of hydrogen-bond donors (Lipinski definition) is 3. The van der Waals surface area contributed by atoms with Gasteiger partial charge in [0.25, 0.3) is 0 Å². The van der Waals surface area contributed by atoms with Gasteiger partial charge < -0.3 is 25.4 Å². The molecule has 3 fully saturated rings. The van der Waals surface area contributed by atoms with Crippen molar-refractivity contribution in [2.45, 2.75) is 89.0 Å². The van der Waals surface area contributed by atoms with Crippen molar-refractivity contribution in [3.05, 3.63) is 35.9 Å². The Morgan fingerprint density at radius 2 is 1.78 bits per heavy atom. The van der Waals surface area contributed by atoms with Crippen molar-refractivity contribution in [3.8, 4) is 0 Å². The molecule has 0 aliphatic carbocycles. The Balaban J connectivity index is 1.76. The van der Waals surface area contributed by atoms with Gasteiger partial charge in [0.05, 0.1) is 30.1 Å². The zero-order valence-corrected chi connectivity index (χ0v) is 21.8. The maximum atomic E-state index is 14.3. The van der Waals surface area contributed by atoms with Crippen molar-refractivity contribution in [3.63, 3.8) is 0 Å². The third-order valence-corrected chi connectivity index (χ3v) is 8.47. The fourth-order valence-electron chi connectivity index (χ4n) is 6.76. The number of nitrogens with zero attached hydrogens (tertiary/aromatic N) is 1. The molecule has 3 saturated heterocycles. The minimum atomic E-state index is -1.08. The fourth-order valence-corrected chi connectivity index (χ4v) is 6.76. The van der Waals surface area contributed by atoms with Crippen molar-refractivity contribution in [1.82, 2.24) is 15.5 Å². The van der Waals surface area contributed by atoms with E-state index in [2.05, 4.69) is 17.6 Å². The van der Waals surface area contributed by atoms with Crippen molar-refractivity contribution in [2.75, 3.05) is 19.7 Å². The van der Waals surface area contributed by atoms with Gasteiger partial charge in [-0.1, -0.05) is 63.9 Å². The van der Waals surface area contributed by atoms with Crippen LogP contribution in [0, 0.1) is 11.8 Å². The zero-order chi connectivity index (χ0) is 25.9. The predicted molar refractivity (Wildman–Crippen MR) is 136 cm³/mol. The van der Waals surface area contributed by atoms with E-state index in [9.17, 15) is 19.5 Å². The minimum Gasteiger partial charge on any atom is -0.394 e. The third kappa shape index (κ3) is 4.22. The lowest BCUT2D eigenvalue weighted by Crippen LogP contribution is -2.56. The van der Waals surface area contributed by atoms with E-state index in [1.54, 1.807) is 0 Å². The summed E-state index contributed by atoms with van der Waals surface area (Å²) in [5, 5.41) is 16.5. The van der Waals surface area contributed by atoms with Crippen molar-refractivity contribution in [1.29, 1.82) is 0 Å². The molecule has 3 amide bonds. The van der Waals surface area contributed by atoms with Crippen LogP contribution in [0.15, 0.2) is 30.3 Å². The first-order chi connectivity index (χ1) is 17.4. The average molecular weight is 500 g/mol. The van der Waals surface area contributed by atoms with Crippen LogP contribution in [0.5, 0.6) is 0 Å². The van der Waals surface area contributed by atoms with Crippen LogP contribution in [0.1, 0.15) is 77.3 Å². The van der Waals surface area contributed by atoms with Gasteiger partial charge in [-0.05, 0) is 37.7 Å². The highest BCUT2D eigenvalue weighted by atomic mass is 16.5. The van der Waals surface area contributed by atoms with E-state index in [1.807, 2.05) is 44.2 Å². The number of hydrogen-bond acceptors (Lipinski definition) is 5. The zero-order valence-electron chi connectivity index (χ0n) is 21.8. The molecule has 2 unspecified atom stereocenters. The smallest absolute Gasteiger partial charge is 0.245 e. The van der Waals surface area contributed by atoms with Crippen LogP contribution >= 0.6 is 0 Å². The number of nitrogens with one attached hydrogen (secondary N) is 2. The van der Waals surface area contributed by atoms with Crippen LogP contribution in [0.25, 0.3) is 0 Å². The summed E-state index contributed by atoms with van der Waals surface area (Å²) in [7, 11) is 0. The molecule has 6 atom stereocenters. The summed E-state index contributed by atoms with van der Waals surface area (Å²) >= 11 is 0. The van der Waals surface area contributed by atoms with E-state index in [-0.39, 0.29) is 24.3 Å². The highest BCUT2D eigenvalue weighted by Crippen LogP contribution is 2.65. The molecule has 1 spiro atoms. The van der Waals surface area contributed by atoms with E-state index < -0.39 is 35.1 Å². The van der Waals surface area contributed by atoms with Gasteiger partial charge in [-0.2, -0.15) is 0 Å². The van der Waals surface area contributed by atoms with Crippen LogP contribution in [0.4, 0.5) is 0 Å². The lowest BCUT2D eigenvalue weighted by Gasteiger charge is -2.37. The molecular weight excluding hydrogens is 458 g/mol. The van der Waals surface area contributed by atoms with E-state index in [4.69, 9.17) is 4.74 Å². The first-order valence-corrected chi connectivity index (χ1v) is 13.6. The lowest BCUT2D eigenvalue weighted by molar-refractivity contribution is -0.151. The maximum Gasteiger partial charge on any atom is 0.245 e. The summed E-state index contributed by atoms with van der Waals surface area (Å²) < 4.78 is 6.76. The van der Waals surface area contributed by atoms with Crippen LogP contribution in [-0.4, -0.2) is 64.7 Å². The first kappa shape index (κ1) is 26.6. The number of likely N-dealkylation sites (tertiary alicyclic amines) is 1. The third-order valence-electron chi connectivity index (χ3n) is 8.47. The maximum absolute atomic E-state index is 14.3. The van der Waals surface area contributed by atoms with Gasteiger partial charge in [-0.3, -0.25) is 14.4 Å². The molecule has 36 heavy (non-hydrogen) atoms. The Labute approximate surface area is 214 Å². The Morgan fingerprint density at radius 3 is 2.42 bits per heavy atom. The molecule has 0 radical (unpaired) electrons. The Kier molecular flexibility index (Phi) is 8.05. The van der Waals surface area contributed by atoms with E-state index in [0.717, 1.165) is 31.2 Å². The summed E-state index contributed by atoms with van der Waals surface area (Å²) in [4.78, 5) is 43.1. The molecule has 0 aromatic heterocycles. The Bertz CT molecular complexity index is 956. The molecule has 8 nitrogen and oxygen atoms in total. The predicted octanol–water partition coefficient (Wildman–Crippen LogP) is 2.71. The second-order valence-corrected chi connectivity index (χ2v) is 10.5. The van der Waals surface area contributed by atoms with Crippen molar-refractivity contribution < 1.29 is 24.2 Å². The number of aliphatic hydroxyl groups is 1. The molecule has 2 bridgehead atoms. The monoisotopic (exact) mass is 499 g/mol. The minimum absolute atomic E-state index is 0.178. The number of benzene rings is 1. The molecule has 3 N–H and O–H groups in total. The van der Waals surface area contributed by atoms with Gasteiger partial charge in [-0.25, -0.2) is 0 Å². The van der Waals surface area contributed by atoms with Gasteiger partial charge in [0.1, 0.15) is 11.6 Å². The molecule has 8 heteroatoms. The number of carbonyl (C=O) groups is 3. The number of aliphatic hydroxyl groups excluding tert-OH is 1. The highest BCUT2D eigenvalue weighted by molar-refractivity contribution is 5.99. The molecule has 1 aromatic carbocycles. The summed E-state index contributed by atoms with van der Waals surface area (Å²) in [6.45, 7) is 6.79. The molecule has 3 aliphatic heterocycles. The summed E-state index contributed by atoms with van der Waals surface area (Å²) in [5.74, 6) is -2.14. The van der Waals surface area contributed by atoms with E-state index in [0.29, 0.717) is 32.4 Å². The van der Waals surface area contributed by atoms with E-state index in [1.165, 1.54) is 4.90 Å². The number of ether oxygens (including phenoxy) is 1. The van der Waals surface area contributed by atoms with Gasteiger partial charge in [0.2, 0.25) is 17.7 Å². The average Bonchev–Trinajstić information content (AvgIpc) is 3.50. The quantitative estimate of drug-likeness (QED) is 0.383. The normalized spacial score (nSPS) is 31.4. The molecule has 3 heterocycles. The number of fused-ring (bicyclic) bond motifs is 1. The van der Waals surface area contributed by atoms with E-state index >= 15 is 0 Å². The Morgan fingerprint density at radius 1 is 1.06 bits per heavy atom. The SMILES string of the molecule is CCCCCNC(=O)C1N([C@H](CO)c2ccccc2)C(=O)[C@@H]2[C@H](C(=O)NCCC)[C@]3(CC)CCC12O3. The summed E-state index contributed by atoms with van der Waals surface area (Å²) in [5.41, 5.74) is -1.09. The van der Waals surface area contributed by atoms with Gasteiger partial charge >= 0.3 is 0 Å². The second-order valence-electron chi connectivity index (χ2n) is 10.5. The molecule has 4 rings (SSSR count). The molecule has 1 aromatic rings. The second kappa shape index (κ2) is 10.9. The lowest BCUT2D eigenvalue weighted by atomic mass is 9.65. The van der Waals surface area contributed by atoms with Crippen LogP contribution in [-0.2, 0) is 19.1 Å².